The lowest BCUT2D eigenvalue weighted by molar-refractivity contribution is -0.115. The van der Waals surface area contributed by atoms with Crippen molar-refractivity contribution < 1.29 is 9.59 Å². The second-order valence-electron chi connectivity index (χ2n) is 7.77. The predicted molar refractivity (Wildman–Crippen MR) is 132 cm³/mol. The molecule has 2 fully saturated rings. The summed E-state index contributed by atoms with van der Waals surface area (Å²) in [5.41, 5.74) is 2.52. The minimum atomic E-state index is -0.410. The predicted octanol–water partition coefficient (Wildman–Crippen LogP) is 2.68. The number of amides is 2. The molecule has 0 atom stereocenters. The summed E-state index contributed by atoms with van der Waals surface area (Å²) in [6.07, 6.45) is 6.78. The van der Waals surface area contributed by atoms with Gasteiger partial charge in [0.25, 0.3) is 11.1 Å². The van der Waals surface area contributed by atoms with Gasteiger partial charge in [-0.1, -0.05) is 18.2 Å². The maximum Gasteiger partial charge on any atom is 0.290 e. The Morgan fingerprint density at radius 2 is 1.71 bits per heavy atom. The minimum absolute atomic E-state index is 0.317. The standard InChI is InChI=1S/C23H22N8O2S/c1-29(17-5-3-2-4-6-17)20-12-16(11-19-21(32)28-23(33)34-19)26-22(27-20)31-9-7-30(8-10-31)18-13-24-15-25-14-18/h2-6,11-15H,7-10H2,1H3,(H,28,32,33)/b19-11-. The number of aromatic nitrogens is 4. The van der Waals surface area contributed by atoms with E-state index in [0.29, 0.717) is 22.4 Å². The molecule has 0 unspecified atom stereocenters. The van der Waals surface area contributed by atoms with Gasteiger partial charge in [0, 0.05) is 45.0 Å². The van der Waals surface area contributed by atoms with Gasteiger partial charge in [-0.3, -0.25) is 14.9 Å². The molecule has 0 saturated carbocycles. The third kappa shape index (κ3) is 4.69. The molecule has 3 aromatic rings. The molecule has 1 N–H and O–H groups in total. The first-order valence-electron chi connectivity index (χ1n) is 10.7. The van der Waals surface area contributed by atoms with Crippen molar-refractivity contribution in [3.05, 3.63) is 65.7 Å². The van der Waals surface area contributed by atoms with E-state index in [1.165, 1.54) is 6.33 Å². The van der Waals surface area contributed by atoms with E-state index in [0.717, 1.165) is 49.3 Å². The third-order valence-electron chi connectivity index (χ3n) is 5.60. The number of nitrogens with zero attached hydrogens (tertiary/aromatic N) is 7. The Bertz CT molecular complexity index is 1230. The number of nitrogens with one attached hydrogen (secondary N) is 1. The fraction of sp³-hybridized carbons (Fsp3) is 0.217. The number of anilines is 4. The highest BCUT2D eigenvalue weighted by Gasteiger charge is 2.26. The number of thioether (sulfide) groups is 1. The largest absolute Gasteiger partial charge is 0.365 e. The number of hydrogen-bond donors (Lipinski definition) is 1. The monoisotopic (exact) mass is 474 g/mol. The van der Waals surface area contributed by atoms with Crippen LogP contribution in [0.1, 0.15) is 5.69 Å². The molecule has 0 aliphatic carbocycles. The van der Waals surface area contributed by atoms with Gasteiger partial charge in [-0.2, -0.15) is 4.98 Å². The lowest BCUT2D eigenvalue weighted by Crippen LogP contribution is -2.47. The van der Waals surface area contributed by atoms with E-state index in [2.05, 4.69) is 25.1 Å². The van der Waals surface area contributed by atoms with Crippen molar-refractivity contribution in [1.29, 1.82) is 0 Å². The van der Waals surface area contributed by atoms with Crippen molar-refractivity contribution in [2.45, 2.75) is 0 Å². The molecule has 2 aliphatic heterocycles. The van der Waals surface area contributed by atoms with E-state index in [1.54, 1.807) is 6.08 Å². The molecule has 2 aliphatic rings. The van der Waals surface area contributed by atoms with Crippen molar-refractivity contribution in [1.82, 2.24) is 25.3 Å². The van der Waals surface area contributed by atoms with Crippen LogP contribution >= 0.6 is 11.8 Å². The van der Waals surface area contributed by atoms with Gasteiger partial charge in [-0.25, -0.2) is 15.0 Å². The molecule has 5 rings (SSSR count). The second kappa shape index (κ2) is 9.48. The normalized spacial score (nSPS) is 17.3. The van der Waals surface area contributed by atoms with E-state index < -0.39 is 5.91 Å². The van der Waals surface area contributed by atoms with Gasteiger partial charge >= 0.3 is 0 Å². The average Bonchev–Trinajstić information content (AvgIpc) is 3.20. The third-order valence-corrected chi connectivity index (χ3v) is 6.41. The van der Waals surface area contributed by atoms with E-state index in [9.17, 15) is 9.59 Å². The van der Waals surface area contributed by atoms with Gasteiger partial charge in [0.2, 0.25) is 5.95 Å². The fourth-order valence-corrected chi connectivity index (χ4v) is 4.45. The second-order valence-corrected chi connectivity index (χ2v) is 8.78. The zero-order chi connectivity index (χ0) is 23.5. The number of rotatable bonds is 5. The number of hydrogen-bond acceptors (Lipinski definition) is 10. The summed E-state index contributed by atoms with van der Waals surface area (Å²) in [6, 6.07) is 11.7. The van der Waals surface area contributed by atoms with Gasteiger partial charge in [0.1, 0.15) is 12.1 Å². The van der Waals surface area contributed by atoms with Crippen LogP contribution in [0.5, 0.6) is 0 Å². The Kier molecular flexibility index (Phi) is 6.09. The van der Waals surface area contributed by atoms with E-state index >= 15 is 0 Å². The quantitative estimate of drug-likeness (QED) is 0.555. The molecule has 2 saturated heterocycles. The van der Waals surface area contributed by atoms with Crippen molar-refractivity contribution in [3.63, 3.8) is 0 Å². The van der Waals surface area contributed by atoms with Crippen LogP contribution in [0.2, 0.25) is 0 Å². The molecule has 1 aromatic carbocycles. The summed E-state index contributed by atoms with van der Waals surface area (Å²) in [6.45, 7) is 2.99. The molecule has 0 spiro atoms. The Morgan fingerprint density at radius 1 is 1.00 bits per heavy atom. The molecule has 4 heterocycles. The van der Waals surface area contributed by atoms with Crippen LogP contribution in [0.15, 0.2) is 60.0 Å². The van der Waals surface area contributed by atoms with Gasteiger partial charge in [-0.15, -0.1) is 0 Å². The zero-order valence-electron chi connectivity index (χ0n) is 18.5. The van der Waals surface area contributed by atoms with Gasteiger partial charge in [0.15, 0.2) is 0 Å². The average molecular weight is 475 g/mol. The Hall–Kier alpha value is -3.99. The zero-order valence-corrected chi connectivity index (χ0v) is 19.3. The first-order chi connectivity index (χ1) is 16.6. The number of carbonyl (C=O) groups is 2. The topological polar surface area (TPSA) is 107 Å². The number of carbonyl (C=O) groups excluding carboxylic acids is 2. The Labute approximate surface area is 200 Å². The lowest BCUT2D eigenvalue weighted by Gasteiger charge is -2.36. The highest BCUT2D eigenvalue weighted by Crippen LogP contribution is 2.29. The number of benzene rings is 1. The molecule has 11 heteroatoms. The van der Waals surface area contributed by atoms with Crippen molar-refractivity contribution in [2.24, 2.45) is 0 Å². The highest BCUT2D eigenvalue weighted by molar-refractivity contribution is 8.18. The van der Waals surface area contributed by atoms with Crippen molar-refractivity contribution >= 4 is 52.1 Å². The molecule has 0 radical (unpaired) electrons. The lowest BCUT2D eigenvalue weighted by atomic mass is 10.2. The van der Waals surface area contributed by atoms with Crippen LogP contribution in [-0.2, 0) is 4.79 Å². The molecular formula is C23H22N8O2S. The molecule has 0 bridgehead atoms. The van der Waals surface area contributed by atoms with Crippen molar-refractivity contribution in [2.75, 3.05) is 47.9 Å². The number of para-hydroxylation sites is 1. The Morgan fingerprint density at radius 3 is 2.38 bits per heavy atom. The van der Waals surface area contributed by atoms with Crippen LogP contribution in [0.3, 0.4) is 0 Å². The van der Waals surface area contributed by atoms with E-state index in [1.807, 2.05) is 60.7 Å². The summed E-state index contributed by atoms with van der Waals surface area (Å²) in [5, 5.41) is 1.90. The van der Waals surface area contributed by atoms with Crippen LogP contribution < -0.4 is 20.0 Å². The van der Waals surface area contributed by atoms with Crippen molar-refractivity contribution in [3.8, 4) is 0 Å². The molecule has 10 nitrogen and oxygen atoms in total. The summed E-state index contributed by atoms with van der Waals surface area (Å²) in [4.78, 5) is 48.1. The van der Waals surface area contributed by atoms with Crippen LogP contribution in [0.25, 0.3) is 6.08 Å². The molecule has 34 heavy (non-hydrogen) atoms. The molecular weight excluding hydrogens is 452 g/mol. The van der Waals surface area contributed by atoms with E-state index in [4.69, 9.17) is 9.97 Å². The highest BCUT2D eigenvalue weighted by atomic mass is 32.2. The number of piperazine rings is 1. The maximum absolute atomic E-state index is 12.1. The van der Waals surface area contributed by atoms with Gasteiger partial charge in [0.05, 0.1) is 28.7 Å². The minimum Gasteiger partial charge on any atom is -0.365 e. The van der Waals surface area contributed by atoms with E-state index in [-0.39, 0.29) is 5.24 Å². The van der Waals surface area contributed by atoms with Crippen LogP contribution in [-0.4, -0.2) is 64.3 Å². The van der Waals surface area contributed by atoms with Crippen LogP contribution in [0.4, 0.5) is 27.9 Å². The fourth-order valence-electron chi connectivity index (χ4n) is 3.79. The summed E-state index contributed by atoms with van der Waals surface area (Å²) in [5.74, 6) is 0.856. The summed E-state index contributed by atoms with van der Waals surface area (Å²) >= 11 is 0.874. The first-order valence-corrected chi connectivity index (χ1v) is 11.6. The molecule has 172 valence electrons. The smallest absolute Gasteiger partial charge is 0.290 e. The molecule has 2 aromatic heterocycles. The Balaban J connectivity index is 1.45. The maximum atomic E-state index is 12.1. The van der Waals surface area contributed by atoms with Crippen LogP contribution in [0, 0.1) is 0 Å². The van der Waals surface area contributed by atoms with Gasteiger partial charge in [-0.05, 0) is 30.0 Å². The van der Waals surface area contributed by atoms with Gasteiger partial charge < -0.3 is 14.7 Å². The number of imide groups is 1. The first kappa shape index (κ1) is 21.8. The SMILES string of the molecule is CN(c1ccccc1)c1cc(/C=C2\SC(=O)NC2=O)nc(N2CCN(c3cncnc3)CC2)n1. The summed E-state index contributed by atoms with van der Waals surface area (Å²) < 4.78 is 0. The molecule has 2 amide bonds. The summed E-state index contributed by atoms with van der Waals surface area (Å²) in [7, 11) is 1.94.